The van der Waals surface area contributed by atoms with Crippen molar-refractivity contribution < 1.29 is 9.47 Å². The van der Waals surface area contributed by atoms with E-state index in [9.17, 15) is 0 Å². The van der Waals surface area contributed by atoms with Gasteiger partial charge in [-0.2, -0.15) is 0 Å². The minimum Gasteiger partial charge on any atom is -0.352 e. The van der Waals surface area contributed by atoms with E-state index < -0.39 is 0 Å². The molecule has 2 heteroatoms. The summed E-state index contributed by atoms with van der Waals surface area (Å²) in [4.78, 5) is 0. The van der Waals surface area contributed by atoms with Crippen LogP contribution in [0.5, 0.6) is 0 Å². The molecule has 2 aliphatic rings. The molecule has 0 aromatic heterocycles. The maximum absolute atomic E-state index is 6.11. The van der Waals surface area contributed by atoms with Crippen molar-refractivity contribution in [3.63, 3.8) is 0 Å². The third-order valence-corrected chi connectivity index (χ3v) is 5.16. The van der Waals surface area contributed by atoms with E-state index in [4.69, 9.17) is 9.47 Å². The number of ether oxygens (including phenoxy) is 2. The van der Waals surface area contributed by atoms with Gasteiger partial charge >= 0.3 is 0 Å². The molecule has 1 fully saturated rings. The summed E-state index contributed by atoms with van der Waals surface area (Å²) in [6.07, 6.45) is 12.0. The molecular weight excluding hydrogens is 236 g/mol. The van der Waals surface area contributed by atoms with E-state index >= 15 is 0 Å². The lowest BCUT2D eigenvalue weighted by Crippen LogP contribution is -2.46. The van der Waals surface area contributed by atoms with Crippen LogP contribution in [0.15, 0.2) is 12.2 Å². The summed E-state index contributed by atoms with van der Waals surface area (Å²) in [7, 11) is 0. The first-order valence-electron chi connectivity index (χ1n) is 8.04. The van der Waals surface area contributed by atoms with Crippen LogP contribution in [0.2, 0.25) is 0 Å². The van der Waals surface area contributed by atoms with Gasteiger partial charge in [0.15, 0.2) is 6.29 Å². The molecule has 2 nitrogen and oxygen atoms in total. The number of rotatable bonds is 3. The predicted octanol–water partition coefficient (Wildman–Crippen LogP) is 4.55. The largest absolute Gasteiger partial charge is 0.352 e. The zero-order valence-corrected chi connectivity index (χ0v) is 12.9. The lowest BCUT2D eigenvalue weighted by atomic mass is 9.77. The second kappa shape index (κ2) is 6.90. The van der Waals surface area contributed by atoms with E-state index in [-0.39, 0.29) is 11.7 Å². The molecule has 0 aromatic carbocycles. The monoisotopic (exact) mass is 266 g/mol. The van der Waals surface area contributed by atoms with Crippen LogP contribution in [0, 0.1) is 17.3 Å². The van der Waals surface area contributed by atoms with Crippen LogP contribution in [0.1, 0.15) is 59.3 Å². The van der Waals surface area contributed by atoms with E-state index in [1.807, 2.05) is 0 Å². The first kappa shape index (κ1) is 15.1. The second-order valence-electron chi connectivity index (χ2n) is 6.69. The van der Waals surface area contributed by atoms with Crippen LogP contribution < -0.4 is 0 Å². The molecule has 1 aliphatic carbocycles. The summed E-state index contributed by atoms with van der Waals surface area (Å²) >= 11 is 0. The van der Waals surface area contributed by atoms with Gasteiger partial charge in [0.1, 0.15) is 0 Å². The van der Waals surface area contributed by atoms with Gasteiger partial charge in [-0.1, -0.05) is 39.3 Å². The Kier molecular flexibility index (Phi) is 5.47. The maximum Gasteiger partial charge on any atom is 0.160 e. The molecule has 1 heterocycles. The van der Waals surface area contributed by atoms with Crippen molar-refractivity contribution in [1.29, 1.82) is 0 Å². The molecule has 19 heavy (non-hydrogen) atoms. The Morgan fingerprint density at radius 3 is 2.53 bits per heavy atom. The fourth-order valence-corrected chi connectivity index (χ4v) is 3.14. The van der Waals surface area contributed by atoms with Gasteiger partial charge in [0.05, 0.1) is 13.2 Å². The summed E-state index contributed by atoms with van der Waals surface area (Å²) < 4.78 is 12.2. The van der Waals surface area contributed by atoms with E-state index in [1.54, 1.807) is 0 Å². The smallest absolute Gasteiger partial charge is 0.160 e. The van der Waals surface area contributed by atoms with Gasteiger partial charge in [-0.3, -0.25) is 0 Å². The minimum absolute atomic E-state index is 0.0450. The van der Waals surface area contributed by atoms with Gasteiger partial charge in [0.25, 0.3) is 0 Å². The zero-order valence-electron chi connectivity index (χ0n) is 12.9. The lowest BCUT2D eigenvalue weighted by molar-refractivity contribution is -0.257. The Bertz CT molecular complexity index is 290. The van der Waals surface area contributed by atoms with Crippen LogP contribution in [0.3, 0.4) is 0 Å². The molecule has 0 saturated carbocycles. The highest BCUT2D eigenvalue weighted by atomic mass is 16.7. The van der Waals surface area contributed by atoms with E-state index in [1.165, 1.54) is 38.5 Å². The molecule has 2 unspecified atom stereocenters. The number of allylic oxidation sites excluding steroid dienone is 2. The molecule has 0 N–H and O–H groups in total. The molecule has 2 atom stereocenters. The Balaban J connectivity index is 1.86. The Labute approximate surface area is 118 Å². The summed E-state index contributed by atoms with van der Waals surface area (Å²) in [6.45, 7) is 8.59. The standard InChI is InChI=1S/C17H30O2/c1-4-14(2)17(3)12-18-16(19-13-17)15-10-8-6-5-7-9-11-15/h5-6,14-16H,4,7-13H2,1-3H3/b6-5-. The van der Waals surface area contributed by atoms with Gasteiger partial charge in [-0.15, -0.1) is 0 Å². The topological polar surface area (TPSA) is 18.5 Å². The van der Waals surface area contributed by atoms with Crippen molar-refractivity contribution in [3.05, 3.63) is 12.2 Å². The third-order valence-electron chi connectivity index (χ3n) is 5.16. The molecule has 0 aromatic rings. The lowest BCUT2D eigenvalue weighted by Gasteiger charge is -2.43. The first-order chi connectivity index (χ1) is 9.15. The highest BCUT2D eigenvalue weighted by Gasteiger charge is 2.38. The molecule has 0 bridgehead atoms. The van der Waals surface area contributed by atoms with Crippen molar-refractivity contribution in [2.24, 2.45) is 17.3 Å². The summed E-state index contributed by atoms with van der Waals surface area (Å²) in [5, 5.41) is 0. The van der Waals surface area contributed by atoms with Crippen LogP contribution in [-0.4, -0.2) is 19.5 Å². The summed E-state index contributed by atoms with van der Waals surface area (Å²) in [5.74, 6) is 1.25. The van der Waals surface area contributed by atoms with Gasteiger partial charge < -0.3 is 9.47 Å². The molecule has 0 spiro atoms. The Hall–Kier alpha value is -0.340. The molecule has 0 radical (unpaired) electrons. The minimum atomic E-state index is 0.0450. The van der Waals surface area contributed by atoms with Crippen molar-refractivity contribution in [2.45, 2.75) is 65.6 Å². The van der Waals surface area contributed by atoms with E-state index in [2.05, 4.69) is 32.9 Å². The van der Waals surface area contributed by atoms with Gasteiger partial charge in [-0.05, 0) is 38.0 Å². The van der Waals surface area contributed by atoms with Crippen LogP contribution in [-0.2, 0) is 9.47 Å². The third kappa shape index (κ3) is 3.82. The maximum atomic E-state index is 6.11. The first-order valence-corrected chi connectivity index (χ1v) is 8.04. The van der Waals surface area contributed by atoms with Gasteiger partial charge in [-0.25, -0.2) is 0 Å². The molecule has 110 valence electrons. The van der Waals surface area contributed by atoms with Crippen molar-refractivity contribution in [2.75, 3.05) is 13.2 Å². The number of hydrogen-bond donors (Lipinski definition) is 0. The van der Waals surface area contributed by atoms with Crippen LogP contribution in [0.25, 0.3) is 0 Å². The molecule has 1 aliphatic heterocycles. The van der Waals surface area contributed by atoms with Crippen molar-refractivity contribution in [3.8, 4) is 0 Å². The predicted molar refractivity (Wildman–Crippen MR) is 79.0 cm³/mol. The van der Waals surface area contributed by atoms with Crippen molar-refractivity contribution >= 4 is 0 Å². The second-order valence-corrected chi connectivity index (χ2v) is 6.69. The quantitative estimate of drug-likeness (QED) is 0.698. The molecular formula is C17H30O2. The average molecular weight is 266 g/mol. The molecule has 2 rings (SSSR count). The highest BCUT2D eigenvalue weighted by molar-refractivity contribution is 4.87. The Morgan fingerprint density at radius 1 is 1.16 bits per heavy atom. The van der Waals surface area contributed by atoms with E-state index in [0.29, 0.717) is 11.8 Å². The number of hydrogen-bond acceptors (Lipinski definition) is 2. The molecule has 1 saturated heterocycles. The normalized spacial score (nSPS) is 40.2. The zero-order chi connectivity index (χ0) is 13.7. The summed E-state index contributed by atoms with van der Waals surface area (Å²) in [5.41, 5.74) is 0.201. The SMILES string of the molecule is CCC(C)C1(C)COC(C2CC/C=C\CCC2)OC1. The van der Waals surface area contributed by atoms with Crippen molar-refractivity contribution in [1.82, 2.24) is 0 Å². The molecule has 0 amide bonds. The fraction of sp³-hybridized carbons (Fsp3) is 0.882. The summed E-state index contributed by atoms with van der Waals surface area (Å²) in [6, 6.07) is 0. The van der Waals surface area contributed by atoms with E-state index in [0.717, 1.165) is 13.2 Å². The van der Waals surface area contributed by atoms with Crippen LogP contribution >= 0.6 is 0 Å². The Morgan fingerprint density at radius 2 is 1.84 bits per heavy atom. The van der Waals surface area contributed by atoms with Crippen LogP contribution in [0.4, 0.5) is 0 Å². The average Bonchev–Trinajstić information content (AvgIpc) is 2.39. The highest BCUT2D eigenvalue weighted by Crippen LogP contribution is 2.37. The fourth-order valence-electron chi connectivity index (χ4n) is 3.14. The van der Waals surface area contributed by atoms with Gasteiger partial charge in [0.2, 0.25) is 0 Å². The van der Waals surface area contributed by atoms with Gasteiger partial charge in [0, 0.05) is 11.3 Å².